The molecule has 0 radical (unpaired) electrons. The van der Waals surface area contributed by atoms with Crippen LogP contribution in [0.5, 0.6) is 5.75 Å². The highest BCUT2D eigenvalue weighted by Gasteiger charge is 2.39. The first kappa shape index (κ1) is 34.7. The zero-order valence-electron chi connectivity index (χ0n) is 30.0. The number of hydrogen-bond acceptors (Lipinski definition) is 7. The van der Waals surface area contributed by atoms with Gasteiger partial charge in [-0.05, 0) is 82.4 Å². The Morgan fingerprint density at radius 1 is 1.04 bits per heavy atom. The predicted octanol–water partition coefficient (Wildman–Crippen LogP) is 8.55. The Hall–Kier alpha value is -2.68. The van der Waals surface area contributed by atoms with Crippen LogP contribution in [0.3, 0.4) is 0 Å². The summed E-state index contributed by atoms with van der Waals surface area (Å²) in [7, 11) is -3.36. The second-order valence-corrected chi connectivity index (χ2v) is 26.9. The van der Waals surface area contributed by atoms with Crippen LogP contribution in [0, 0.1) is 0 Å². The number of nitrogens with zero attached hydrogens (tertiary/aromatic N) is 5. The highest BCUT2D eigenvalue weighted by Crippen LogP contribution is 2.40. The molecule has 4 heterocycles. The minimum absolute atomic E-state index is 0.0647. The molecule has 10 nitrogen and oxygen atoms in total. The first-order valence-corrected chi connectivity index (χ1v) is 23.4. The summed E-state index contributed by atoms with van der Waals surface area (Å²) in [4.78, 5) is 19.9. The van der Waals surface area contributed by atoms with Gasteiger partial charge in [0.05, 0.1) is 30.0 Å². The third kappa shape index (κ3) is 7.72. The molecule has 254 valence electrons. The predicted molar refractivity (Wildman–Crippen MR) is 187 cm³/mol. The van der Waals surface area contributed by atoms with E-state index in [-0.39, 0.29) is 17.4 Å². The van der Waals surface area contributed by atoms with Crippen LogP contribution in [0.2, 0.25) is 43.8 Å². The van der Waals surface area contributed by atoms with E-state index in [0.717, 1.165) is 71.5 Å². The molecule has 1 saturated heterocycles. The summed E-state index contributed by atoms with van der Waals surface area (Å²) in [6.07, 6.45) is 2.60. The van der Waals surface area contributed by atoms with Crippen molar-refractivity contribution in [2.24, 2.45) is 0 Å². The molecule has 0 bridgehead atoms. The molecule has 1 amide bonds. The Morgan fingerprint density at radius 2 is 1.78 bits per heavy atom. The Labute approximate surface area is 276 Å². The largest absolute Gasteiger partial charge is 0.543 e. The van der Waals surface area contributed by atoms with Gasteiger partial charge in [0.25, 0.3) is 0 Å². The van der Waals surface area contributed by atoms with E-state index < -0.39 is 22.0 Å². The zero-order valence-corrected chi connectivity index (χ0v) is 32.0. The van der Waals surface area contributed by atoms with Gasteiger partial charge in [-0.15, -0.1) is 0 Å². The van der Waals surface area contributed by atoms with Gasteiger partial charge < -0.3 is 23.2 Å². The van der Waals surface area contributed by atoms with Crippen molar-refractivity contribution in [2.75, 3.05) is 13.2 Å². The molecule has 0 saturated carbocycles. The van der Waals surface area contributed by atoms with Crippen LogP contribution in [-0.4, -0.2) is 65.5 Å². The van der Waals surface area contributed by atoms with Crippen LogP contribution >= 0.6 is 0 Å². The minimum atomic E-state index is -2.08. The van der Waals surface area contributed by atoms with Gasteiger partial charge in [-0.1, -0.05) is 40.4 Å². The van der Waals surface area contributed by atoms with Crippen LogP contribution in [0.25, 0.3) is 22.4 Å². The maximum Gasteiger partial charge on any atom is 0.410 e. The molecule has 5 rings (SSSR count). The SMILES string of the molecule is CC(C)(C)OC(=O)N1Cc2nc(-c3nn(C4CCCCO4)c4ccc(O[Si](C)(C)C(C)(C)C)cc34)n(COCC[Si](C)(C)C)c2C1. The average molecular weight is 670 g/mol. The summed E-state index contributed by atoms with van der Waals surface area (Å²) < 4.78 is 29.2. The van der Waals surface area contributed by atoms with Crippen LogP contribution in [0.1, 0.15) is 78.4 Å². The van der Waals surface area contributed by atoms with Gasteiger partial charge in [0.15, 0.2) is 12.1 Å². The van der Waals surface area contributed by atoms with E-state index in [0.29, 0.717) is 26.4 Å². The van der Waals surface area contributed by atoms with Crippen molar-refractivity contribution in [1.29, 1.82) is 0 Å². The molecule has 2 aromatic heterocycles. The van der Waals surface area contributed by atoms with Gasteiger partial charge in [-0.25, -0.2) is 14.5 Å². The average Bonchev–Trinajstić information content (AvgIpc) is 3.60. The lowest BCUT2D eigenvalue weighted by atomic mass is 10.1. The second-order valence-electron chi connectivity index (χ2n) is 16.6. The monoisotopic (exact) mass is 669 g/mol. The fourth-order valence-electron chi connectivity index (χ4n) is 5.50. The highest BCUT2D eigenvalue weighted by atomic mass is 28.4. The topological polar surface area (TPSA) is 92.9 Å². The molecule has 1 atom stereocenters. The van der Waals surface area contributed by atoms with E-state index in [9.17, 15) is 4.79 Å². The summed E-state index contributed by atoms with van der Waals surface area (Å²) in [6.45, 7) is 26.5. The molecule has 12 heteroatoms. The molecule has 2 aliphatic heterocycles. The minimum Gasteiger partial charge on any atom is -0.543 e. The van der Waals surface area contributed by atoms with Crippen molar-refractivity contribution >= 4 is 33.4 Å². The standard InChI is InChI=1S/C34H55N5O5Si2/c1-33(2,3)43-32(40)37-21-26-28(22-37)38(23-41-18-19-45(7,8)9)31(35-26)30-25-20-24(44-46(10,11)34(4,5)6)15-16-27(25)39(36-30)29-14-12-13-17-42-29/h15-16,20,29H,12-14,17-19,21-23H2,1-11H3. The number of imidazole rings is 1. The lowest BCUT2D eigenvalue weighted by Gasteiger charge is -2.36. The van der Waals surface area contributed by atoms with Crippen molar-refractivity contribution in [3.05, 3.63) is 29.6 Å². The quantitative estimate of drug-likeness (QED) is 0.167. The van der Waals surface area contributed by atoms with Gasteiger partial charge in [0, 0.05) is 26.7 Å². The number of benzene rings is 1. The number of ether oxygens (including phenoxy) is 3. The highest BCUT2D eigenvalue weighted by molar-refractivity contribution is 6.76. The van der Waals surface area contributed by atoms with Crippen LogP contribution < -0.4 is 4.43 Å². The van der Waals surface area contributed by atoms with Gasteiger partial charge in [0.1, 0.15) is 23.8 Å². The zero-order chi connectivity index (χ0) is 33.7. The third-order valence-electron chi connectivity index (χ3n) is 9.20. The van der Waals surface area contributed by atoms with E-state index in [1.165, 1.54) is 0 Å². The molecule has 1 unspecified atom stereocenters. The summed E-state index contributed by atoms with van der Waals surface area (Å²) in [5.74, 6) is 1.59. The van der Waals surface area contributed by atoms with Crippen LogP contribution in [0.15, 0.2) is 18.2 Å². The smallest absolute Gasteiger partial charge is 0.410 e. The third-order valence-corrected chi connectivity index (χ3v) is 15.3. The number of amides is 1. The molecule has 46 heavy (non-hydrogen) atoms. The van der Waals surface area contributed by atoms with E-state index in [1.807, 2.05) is 25.5 Å². The van der Waals surface area contributed by atoms with Gasteiger partial charge in [-0.2, -0.15) is 5.10 Å². The first-order chi connectivity index (χ1) is 21.3. The molecule has 0 spiro atoms. The van der Waals surface area contributed by atoms with Gasteiger partial charge in [-0.3, -0.25) is 4.90 Å². The molecule has 1 fully saturated rings. The van der Waals surface area contributed by atoms with Crippen molar-refractivity contribution in [2.45, 2.75) is 136 Å². The van der Waals surface area contributed by atoms with E-state index in [1.54, 1.807) is 4.90 Å². The molecule has 0 N–H and O–H groups in total. The van der Waals surface area contributed by atoms with E-state index in [4.69, 9.17) is 28.7 Å². The number of carbonyl (C=O) groups excluding carboxylic acids is 1. The fourth-order valence-corrected chi connectivity index (χ4v) is 7.28. The van der Waals surface area contributed by atoms with Crippen molar-refractivity contribution in [1.82, 2.24) is 24.2 Å². The van der Waals surface area contributed by atoms with Crippen molar-refractivity contribution in [3.8, 4) is 17.3 Å². The maximum absolute atomic E-state index is 13.0. The summed E-state index contributed by atoms with van der Waals surface area (Å²) >= 11 is 0. The number of fused-ring (bicyclic) bond motifs is 2. The molecular weight excluding hydrogens is 615 g/mol. The lowest BCUT2D eigenvalue weighted by Crippen LogP contribution is -2.43. The van der Waals surface area contributed by atoms with E-state index in [2.05, 4.69) is 76.3 Å². The normalized spacial score (nSPS) is 17.9. The fraction of sp³-hybridized carbons (Fsp3) is 0.676. The Bertz CT molecular complexity index is 1550. The lowest BCUT2D eigenvalue weighted by molar-refractivity contribution is -0.0365. The van der Waals surface area contributed by atoms with E-state index >= 15 is 0 Å². The molecule has 1 aromatic carbocycles. The Balaban J connectivity index is 1.58. The maximum atomic E-state index is 13.0. The van der Waals surface area contributed by atoms with Crippen molar-refractivity contribution in [3.63, 3.8) is 0 Å². The van der Waals surface area contributed by atoms with Gasteiger partial charge in [0.2, 0.25) is 8.32 Å². The molecule has 0 aliphatic carbocycles. The molecular formula is C34H55N5O5Si2. The van der Waals surface area contributed by atoms with Gasteiger partial charge >= 0.3 is 6.09 Å². The second kappa shape index (κ2) is 12.7. The number of carbonyl (C=O) groups is 1. The summed E-state index contributed by atoms with van der Waals surface area (Å²) in [5, 5.41) is 6.26. The van der Waals surface area contributed by atoms with Crippen LogP contribution in [0.4, 0.5) is 4.79 Å². The molecule has 2 aliphatic rings. The van der Waals surface area contributed by atoms with Crippen LogP contribution in [-0.2, 0) is 34.0 Å². The Morgan fingerprint density at radius 3 is 2.41 bits per heavy atom. The molecule has 3 aromatic rings. The number of aromatic nitrogens is 4. The first-order valence-electron chi connectivity index (χ1n) is 16.8. The Kier molecular flexibility index (Phi) is 9.60. The number of hydrogen-bond donors (Lipinski definition) is 0. The van der Waals surface area contributed by atoms with Crippen molar-refractivity contribution < 1.29 is 23.4 Å². The summed E-state index contributed by atoms with van der Waals surface area (Å²) in [6, 6.07) is 7.37. The number of rotatable bonds is 9. The summed E-state index contributed by atoms with van der Waals surface area (Å²) in [5.41, 5.74) is 3.00.